The number of amides is 1. The van der Waals surface area contributed by atoms with E-state index in [-0.39, 0.29) is 5.91 Å². The standard InChI is InChI=1S/C16H21N3O/c1-19-9-3-2-4-15(19)12-18-16(20)10-13-5-7-14(11-17)8-6-13/h5-8,15H,2-4,9-10,12H2,1H3,(H,18,20). The van der Waals surface area contributed by atoms with Crippen molar-refractivity contribution in [3.05, 3.63) is 35.4 Å². The lowest BCUT2D eigenvalue weighted by Gasteiger charge is -2.32. The molecule has 2 rings (SSSR count). The number of carbonyl (C=O) groups is 1. The maximum Gasteiger partial charge on any atom is 0.224 e. The van der Waals surface area contributed by atoms with Crippen molar-refractivity contribution in [3.8, 4) is 6.07 Å². The molecule has 1 heterocycles. The summed E-state index contributed by atoms with van der Waals surface area (Å²) in [4.78, 5) is 14.2. The lowest BCUT2D eigenvalue weighted by atomic mass is 10.0. The van der Waals surface area contributed by atoms with Gasteiger partial charge in [-0.2, -0.15) is 5.26 Å². The summed E-state index contributed by atoms with van der Waals surface area (Å²) in [6.45, 7) is 1.85. The molecular formula is C16H21N3O. The Kier molecular flexibility index (Phi) is 5.14. The topological polar surface area (TPSA) is 56.1 Å². The van der Waals surface area contributed by atoms with Crippen LogP contribution in [-0.2, 0) is 11.2 Å². The number of piperidine rings is 1. The van der Waals surface area contributed by atoms with Gasteiger partial charge in [0.05, 0.1) is 18.1 Å². The number of nitriles is 1. The van der Waals surface area contributed by atoms with E-state index in [2.05, 4.69) is 23.3 Å². The number of benzene rings is 1. The highest BCUT2D eigenvalue weighted by atomic mass is 16.1. The summed E-state index contributed by atoms with van der Waals surface area (Å²) in [6, 6.07) is 9.71. The van der Waals surface area contributed by atoms with E-state index >= 15 is 0 Å². The van der Waals surface area contributed by atoms with Gasteiger partial charge >= 0.3 is 0 Å². The predicted octanol–water partition coefficient (Wildman–Crippen LogP) is 1.70. The summed E-state index contributed by atoms with van der Waals surface area (Å²) < 4.78 is 0. The van der Waals surface area contributed by atoms with Gasteiger partial charge in [-0.25, -0.2) is 0 Å². The van der Waals surface area contributed by atoms with Gasteiger partial charge in [0.1, 0.15) is 0 Å². The van der Waals surface area contributed by atoms with E-state index in [9.17, 15) is 4.79 Å². The lowest BCUT2D eigenvalue weighted by Crippen LogP contribution is -2.44. The van der Waals surface area contributed by atoms with E-state index in [4.69, 9.17) is 5.26 Å². The summed E-state index contributed by atoms with van der Waals surface area (Å²) in [5.74, 6) is 0.0497. The van der Waals surface area contributed by atoms with Crippen LogP contribution in [0.3, 0.4) is 0 Å². The van der Waals surface area contributed by atoms with Crippen LogP contribution in [0.25, 0.3) is 0 Å². The fraction of sp³-hybridized carbons (Fsp3) is 0.500. The highest BCUT2D eigenvalue weighted by Crippen LogP contribution is 2.14. The highest BCUT2D eigenvalue weighted by molar-refractivity contribution is 5.78. The number of nitrogens with one attached hydrogen (secondary N) is 1. The second-order valence-corrected chi connectivity index (χ2v) is 5.42. The zero-order valence-corrected chi connectivity index (χ0v) is 11.9. The molecule has 0 aromatic heterocycles. The molecule has 106 valence electrons. The predicted molar refractivity (Wildman–Crippen MR) is 78.1 cm³/mol. The minimum Gasteiger partial charge on any atom is -0.354 e. The number of hydrogen-bond acceptors (Lipinski definition) is 3. The van der Waals surface area contributed by atoms with Gasteiger partial charge in [-0.15, -0.1) is 0 Å². The molecule has 20 heavy (non-hydrogen) atoms. The molecule has 0 saturated carbocycles. The number of carbonyl (C=O) groups excluding carboxylic acids is 1. The zero-order valence-electron chi connectivity index (χ0n) is 11.9. The Morgan fingerprint density at radius 3 is 2.80 bits per heavy atom. The van der Waals surface area contributed by atoms with E-state index in [1.165, 1.54) is 12.8 Å². The minimum absolute atomic E-state index is 0.0497. The minimum atomic E-state index is 0.0497. The third-order valence-corrected chi connectivity index (χ3v) is 3.90. The van der Waals surface area contributed by atoms with Crippen molar-refractivity contribution in [2.75, 3.05) is 20.1 Å². The number of hydrogen-bond donors (Lipinski definition) is 1. The number of nitrogens with zero attached hydrogens (tertiary/aromatic N) is 2. The van der Waals surface area contributed by atoms with Gasteiger partial charge in [-0.1, -0.05) is 18.6 Å². The van der Waals surface area contributed by atoms with Crippen molar-refractivity contribution in [1.29, 1.82) is 5.26 Å². The van der Waals surface area contributed by atoms with Crippen LogP contribution in [0.4, 0.5) is 0 Å². The van der Waals surface area contributed by atoms with E-state index in [0.717, 1.165) is 25.1 Å². The van der Waals surface area contributed by atoms with Crippen molar-refractivity contribution in [2.45, 2.75) is 31.7 Å². The van der Waals surface area contributed by atoms with Crippen molar-refractivity contribution in [2.24, 2.45) is 0 Å². The maximum absolute atomic E-state index is 11.9. The van der Waals surface area contributed by atoms with Gasteiger partial charge in [0.25, 0.3) is 0 Å². The molecule has 1 unspecified atom stereocenters. The number of likely N-dealkylation sites (N-methyl/N-ethyl adjacent to an activating group) is 1. The Labute approximate surface area is 120 Å². The quantitative estimate of drug-likeness (QED) is 0.907. The summed E-state index contributed by atoms with van der Waals surface area (Å²) in [5.41, 5.74) is 1.57. The molecule has 0 spiro atoms. The van der Waals surface area contributed by atoms with Crippen LogP contribution < -0.4 is 5.32 Å². The van der Waals surface area contributed by atoms with Crippen LogP contribution in [0.2, 0.25) is 0 Å². The van der Waals surface area contributed by atoms with E-state index in [1.54, 1.807) is 12.1 Å². The number of rotatable bonds is 4. The average Bonchev–Trinajstić information content (AvgIpc) is 2.47. The van der Waals surface area contributed by atoms with Crippen LogP contribution >= 0.6 is 0 Å². The summed E-state index contributed by atoms with van der Waals surface area (Å²) in [7, 11) is 2.12. The first-order valence-electron chi connectivity index (χ1n) is 7.15. The van der Waals surface area contributed by atoms with Gasteiger partial charge in [-0.3, -0.25) is 4.79 Å². The monoisotopic (exact) mass is 271 g/mol. The highest BCUT2D eigenvalue weighted by Gasteiger charge is 2.19. The molecule has 4 nitrogen and oxygen atoms in total. The molecule has 0 bridgehead atoms. The third kappa shape index (κ3) is 4.07. The van der Waals surface area contributed by atoms with Gasteiger partial charge in [0.15, 0.2) is 0 Å². The molecule has 1 amide bonds. The third-order valence-electron chi connectivity index (χ3n) is 3.90. The molecule has 1 fully saturated rings. The van der Waals surface area contributed by atoms with Crippen LogP contribution in [-0.4, -0.2) is 37.0 Å². The second-order valence-electron chi connectivity index (χ2n) is 5.42. The molecule has 0 radical (unpaired) electrons. The molecule has 4 heteroatoms. The second kappa shape index (κ2) is 7.06. The summed E-state index contributed by atoms with van der Waals surface area (Å²) in [6.07, 6.45) is 4.04. The smallest absolute Gasteiger partial charge is 0.224 e. The first-order valence-corrected chi connectivity index (χ1v) is 7.15. The Balaban J connectivity index is 1.78. The van der Waals surface area contributed by atoms with Crippen LogP contribution in [0.5, 0.6) is 0 Å². The summed E-state index contributed by atoms with van der Waals surface area (Å²) in [5, 5.41) is 11.7. The SMILES string of the molecule is CN1CCCCC1CNC(=O)Cc1ccc(C#N)cc1. The van der Waals surface area contributed by atoms with Crippen molar-refractivity contribution in [3.63, 3.8) is 0 Å². The Bertz CT molecular complexity index is 489. The normalized spacial score (nSPS) is 19.3. The Hall–Kier alpha value is -1.86. The lowest BCUT2D eigenvalue weighted by molar-refractivity contribution is -0.120. The fourth-order valence-corrected chi connectivity index (χ4v) is 2.58. The van der Waals surface area contributed by atoms with Crippen LogP contribution in [0.1, 0.15) is 30.4 Å². The van der Waals surface area contributed by atoms with Gasteiger partial charge in [-0.05, 0) is 44.1 Å². The maximum atomic E-state index is 11.9. The largest absolute Gasteiger partial charge is 0.354 e. The Morgan fingerprint density at radius 2 is 2.15 bits per heavy atom. The first kappa shape index (κ1) is 14.5. The molecule has 1 aromatic rings. The zero-order chi connectivity index (χ0) is 14.4. The molecular weight excluding hydrogens is 250 g/mol. The van der Waals surface area contributed by atoms with E-state index < -0.39 is 0 Å². The molecule has 1 atom stereocenters. The van der Waals surface area contributed by atoms with Gasteiger partial charge in [0, 0.05) is 12.6 Å². The summed E-state index contributed by atoms with van der Waals surface area (Å²) >= 11 is 0. The fourth-order valence-electron chi connectivity index (χ4n) is 2.58. The van der Waals surface area contributed by atoms with Gasteiger partial charge < -0.3 is 10.2 Å². The van der Waals surface area contributed by atoms with Crippen molar-refractivity contribution >= 4 is 5.91 Å². The average molecular weight is 271 g/mol. The molecule has 1 aliphatic heterocycles. The van der Waals surface area contributed by atoms with Crippen LogP contribution in [0, 0.1) is 11.3 Å². The van der Waals surface area contributed by atoms with Crippen molar-refractivity contribution in [1.82, 2.24) is 10.2 Å². The molecule has 1 saturated heterocycles. The van der Waals surface area contributed by atoms with Gasteiger partial charge in [0.2, 0.25) is 5.91 Å². The molecule has 0 aliphatic carbocycles. The first-order chi connectivity index (χ1) is 9.69. The number of likely N-dealkylation sites (tertiary alicyclic amines) is 1. The molecule has 1 aromatic carbocycles. The van der Waals surface area contributed by atoms with Crippen LogP contribution in [0.15, 0.2) is 24.3 Å². The van der Waals surface area contributed by atoms with Crippen molar-refractivity contribution < 1.29 is 4.79 Å². The Morgan fingerprint density at radius 1 is 1.40 bits per heavy atom. The molecule has 1 N–H and O–H groups in total. The molecule has 1 aliphatic rings. The van der Waals surface area contributed by atoms with E-state index in [0.29, 0.717) is 18.0 Å². The van der Waals surface area contributed by atoms with E-state index in [1.807, 2.05) is 12.1 Å².